The fourth-order valence-corrected chi connectivity index (χ4v) is 2.71. The largest absolute Gasteiger partial charge is 0.305 e. The number of aryl methyl sites for hydroxylation is 3. The molecule has 1 heterocycles. The van der Waals surface area contributed by atoms with Gasteiger partial charge in [-0.1, -0.05) is 30.5 Å². The van der Waals surface area contributed by atoms with E-state index in [0.717, 1.165) is 12.4 Å². The number of aliphatic imine (C=N–C) groups is 1. The van der Waals surface area contributed by atoms with Crippen LogP contribution in [-0.2, 0) is 0 Å². The standard InChI is InChI=1S/C13H18N2S.ClH/c1-8-5-9(2)13(10(3)6-8)12-7-15(16)11(4)14-12;/h5-6,12,16H,7H2,1-4H3;1H. The number of hydrogen-bond acceptors (Lipinski definition) is 3. The fourth-order valence-electron chi connectivity index (χ4n) is 2.50. The minimum atomic E-state index is 0. The van der Waals surface area contributed by atoms with Gasteiger partial charge in [0.15, 0.2) is 0 Å². The molecule has 1 aliphatic rings. The Morgan fingerprint density at radius 3 is 2.12 bits per heavy atom. The van der Waals surface area contributed by atoms with E-state index in [1.54, 1.807) is 0 Å². The number of benzene rings is 1. The highest BCUT2D eigenvalue weighted by Gasteiger charge is 2.24. The lowest BCUT2D eigenvalue weighted by molar-refractivity contribution is 0.635. The van der Waals surface area contributed by atoms with E-state index in [1.165, 1.54) is 22.3 Å². The molecule has 1 aromatic rings. The fraction of sp³-hybridized carbons (Fsp3) is 0.462. The summed E-state index contributed by atoms with van der Waals surface area (Å²) < 4.78 is 1.92. The van der Waals surface area contributed by atoms with Gasteiger partial charge in [-0.25, -0.2) is 0 Å². The highest BCUT2D eigenvalue weighted by Crippen LogP contribution is 2.31. The van der Waals surface area contributed by atoms with E-state index < -0.39 is 0 Å². The summed E-state index contributed by atoms with van der Waals surface area (Å²) in [6, 6.07) is 4.71. The van der Waals surface area contributed by atoms with Crippen molar-refractivity contribution < 1.29 is 0 Å². The number of nitrogens with zero attached hydrogens (tertiary/aromatic N) is 2. The summed E-state index contributed by atoms with van der Waals surface area (Å²) in [6.07, 6.45) is 0. The Morgan fingerprint density at radius 2 is 1.71 bits per heavy atom. The van der Waals surface area contributed by atoms with Crippen molar-refractivity contribution >= 4 is 31.1 Å². The van der Waals surface area contributed by atoms with Gasteiger partial charge in [0, 0.05) is 0 Å². The molecule has 2 rings (SSSR count). The minimum Gasteiger partial charge on any atom is -0.305 e. The Bertz CT molecular complexity index is 434. The van der Waals surface area contributed by atoms with Crippen LogP contribution in [-0.4, -0.2) is 16.7 Å². The smallest absolute Gasteiger partial charge is 0.106 e. The van der Waals surface area contributed by atoms with Crippen LogP contribution < -0.4 is 0 Å². The maximum atomic E-state index is 4.66. The van der Waals surface area contributed by atoms with Gasteiger partial charge in [0.1, 0.15) is 5.84 Å². The lowest BCUT2D eigenvalue weighted by Gasteiger charge is -2.16. The topological polar surface area (TPSA) is 15.6 Å². The van der Waals surface area contributed by atoms with Crippen LogP contribution in [0.25, 0.3) is 0 Å². The molecule has 0 fully saturated rings. The van der Waals surface area contributed by atoms with Gasteiger partial charge in [-0.05, 0) is 44.4 Å². The summed E-state index contributed by atoms with van der Waals surface area (Å²) >= 11 is 4.39. The van der Waals surface area contributed by atoms with Crippen molar-refractivity contribution in [3.8, 4) is 0 Å². The van der Waals surface area contributed by atoms with E-state index in [4.69, 9.17) is 0 Å². The average molecular weight is 271 g/mol. The molecule has 1 atom stereocenters. The molecule has 0 spiro atoms. The monoisotopic (exact) mass is 270 g/mol. The van der Waals surface area contributed by atoms with Crippen molar-refractivity contribution in [2.75, 3.05) is 6.54 Å². The Morgan fingerprint density at radius 1 is 1.18 bits per heavy atom. The zero-order chi connectivity index (χ0) is 11.9. The summed E-state index contributed by atoms with van der Waals surface area (Å²) in [6.45, 7) is 9.35. The third-order valence-corrected chi connectivity index (χ3v) is 3.59. The summed E-state index contributed by atoms with van der Waals surface area (Å²) in [5.74, 6) is 1.01. The normalized spacial score (nSPS) is 19.0. The molecule has 17 heavy (non-hydrogen) atoms. The van der Waals surface area contributed by atoms with Crippen LogP contribution in [0.15, 0.2) is 17.1 Å². The maximum absolute atomic E-state index is 4.66. The van der Waals surface area contributed by atoms with Crippen molar-refractivity contribution in [2.24, 2.45) is 4.99 Å². The van der Waals surface area contributed by atoms with Crippen LogP contribution in [0.5, 0.6) is 0 Å². The molecule has 1 aromatic carbocycles. The Hall–Kier alpha value is -0.670. The second kappa shape index (κ2) is 5.32. The van der Waals surface area contributed by atoms with Crippen molar-refractivity contribution in [2.45, 2.75) is 33.7 Å². The van der Waals surface area contributed by atoms with Gasteiger partial charge >= 0.3 is 0 Å². The number of hydrogen-bond donors (Lipinski definition) is 1. The molecule has 0 aromatic heterocycles. The maximum Gasteiger partial charge on any atom is 0.106 e. The molecule has 0 bridgehead atoms. The molecule has 2 nitrogen and oxygen atoms in total. The van der Waals surface area contributed by atoms with Gasteiger partial charge in [-0.15, -0.1) is 12.4 Å². The van der Waals surface area contributed by atoms with Crippen molar-refractivity contribution in [3.05, 3.63) is 34.4 Å². The molecular formula is C13H19ClN2S. The molecule has 4 heteroatoms. The third-order valence-electron chi connectivity index (χ3n) is 3.13. The number of rotatable bonds is 1. The molecule has 0 aliphatic carbocycles. The first-order valence-electron chi connectivity index (χ1n) is 5.57. The molecule has 1 aliphatic heterocycles. The van der Waals surface area contributed by atoms with Crippen LogP contribution in [0.4, 0.5) is 0 Å². The van der Waals surface area contributed by atoms with Gasteiger partial charge in [0.25, 0.3) is 0 Å². The predicted octanol–water partition coefficient (Wildman–Crippen LogP) is 3.65. The lowest BCUT2D eigenvalue weighted by atomic mass is 9.94. The zero-order valence-corrected chi connectivity index (χ0v) is 12.4. The van der Waals surface area contributed by atoms with Gasteiger partial charge in [0.2, 0.25) is 0 Å². The minimum absolute atomic E-state index is 0. The molecule has 0 N–H and O–H groups in total. The molecule has 0 saturated carbocycles. The van der Waals surface area contributed by atoms with Gasteiger partial charge in [-0.2, -0.15) is 0 Å². The van der Waals surface area contributed by atoms with E-state index in [1.807, 2.05) is 11.2 Å². The first-order chi connectivity index (χ1) is 7.49. The molecule has 0 amide bonds. The van der Waals surface area contributed by atoms with E-state index in [-0.39, 0.29) is 18.4 Å². The second-order valence-electron chi connectivity index (χ2n) is 4.59. The Labute approximate surface area is 115 Å². The van der Waals surface area contributed by atoms with Crippen molar-refractivity contribution in [1.29, 1.82) is 0 Å². The molecule has 0 saturated heterocycles. The Kier molecular flexibility index (Phi) is 4.50. The molecular weight excluding hydrogens is 252 g/mol. The number of thiol groups is 1. The highest BCUT2D eigenvalue weighted by molar-refractivity contribution is 7.78. The number of amidine groups is 1. The lowest BCUT2D eigenvalue weighted by Crippen LogP contribution is -2.15. The second-order valence-corrected chi connectivity index (χ2v) is 5.07. The quantitative estimate of drug-likeness (QED) is 0.770. The molecule has 1 unspecified atom stereocenters. The van der Waals surface area contributed by atoms with Crippen LogP contribution in [0.3, 0.4) is 0 Å². The summed E-state index contributed by atoms with van der Waals surface area (Å²) in [5.41, 5.74) is 5.35. The van der Waals surface area contributed by atoms with Gasteiger partial charge in [0.05, 0.1) is 12.6 Å². The highest BCUT2D eigenvalue weighted by atomic mass is 35.5. The average Bonchev–Trinajstić information content (AvgIpc) is 2.44. The summed E-state index contributed by atoms with van der Waals surface area (Å²) in [4.78, 5) is 4.66. The Balaban J connectivity index is 0.00000144. The molecule has 94 valence electrons. The van der Waals surface area contributed by atoms with Gasteiger partial charge < -0.3 is 4.31 Å². The van der Waals surface area contributed by atoms with E-state index >= 15 is 0 Å². The molecule has 0 radical (unpaired) electrons. The zero-order valence-electron chi connectivity index (χ0n) is 10.7. The first kappa shape index (κ1) is 14.4. The SMILES string of the molecule is CC1=NC(c2c(C)cc(C)cc2C)CN1S.Cl. The third kappa shape index (κ3) is 2.78. The van der Waals surface area contributed by atoms with Crippen LogP contribution in [0.2, 0.25) is 0 Å². The van der Waals surface area contributed by atoms with Gasteiger partial charge in [-0.3, -0.25) is 4.99 Å². The van der Waals surface area contributed by atoms with E-state index in [9.17, 15) is 0 Å². The van der Waals surface area contributed by atoms with E-state index in [0.29, 0.717) is 0 Å². The van der Waals surface area contributed by atoms with Crippen LogP contribution in [0.1, 0.15) is 35.2 Å². The van der Waals surface area contributed by atoms with Crippen LogP contribution >= 0.6 is 25.2 Å². The first-order valence-corrected chi connectivity index (χ1v) is 5.97. The predicted molar refractivity (Wildman–Crippen MR) is 79.4 cm³/mol. The number of halogens is 1. The van der Waals surface area contributed by atoms with Crippen molar-refractivity contribution in [3.63, 3.8) is 0 Å². The summed E-state index contributed by atoms with van der Waals surface area (Å²) in [5, 5.41) is 0. The van der Waals surface area contributed by atoms with E-state index in [2.05, 4.69) is 50.7 Å². The summed E-state index contributed by atoms with van der Waals surface area (Å²) in [7, 11) is 0. The van der Waals surface area contributed by atoms with Crippen LogP contribution in [0, 0.1) is 20.8 Å². The van der Waals surface area contributed by atoms with Crippen molar-refractivity contribution in [1.82, 2.24) is 4.31 Å².